The quantitative estimate of drug-likeness (QED) is 0.358. The second kappa shape index (κ2) is 9.10. The molecular weight excluding hydrogens is 408 g/mol. The number of para-hydroxylation sites is 1. The lowest BCUT2D eigenvalue weighted by Gasteiger charge is -2.11. The van der Waals surface area contributed by atoms with Gasteiger partial charge in [0.2, 0.25) is 5.88 Å². The number of hydrogen-bond donors (Lipinski definition) is 0. The van der Waals surface area contributed by atoms with Crippen LogP contribution in [0.4, 0.5) is 0 Å². The third-order valence-corrected chi connectivity index (χ3v) is 5.88. The standard InChI is InChI=1S/C25H22N2O3S/c1-17-12-14-22(15-13-17)31-23-18(2)26-27(20-9-5-4-6-10-20)24(23)30-25(28)19-8-7-11-21(16-19)29-3/h4-16H,1-3H3. The maximum Gasteiger partial charge on any atom is 0.345 e. The summed E-state index contributed by atoms with van der Waals surface area (Å²) < 4.78 is 12.8. The summed E-state index contributed by atoms with van der Waals surface area (Å²) in [6.45, 7) is 3.97. The Balaban J connectivity index is 1.75. The average Bonchev–Trinajstić information content (AvgIpc) is 3.11. The smallest absolute Gasteiger partial charge is 0.345 e. The molecule has 0 spiro atoms. The Morgan fingerprint density at radius 1 is 0.935 bits per heavy atom. The van der Waals surface area contributed by atoms with Gasteiger partial charge in [-0.1, -0.05) is 53.7 Å². The van der Waals surface area contributed by atoms with E-state index in [1.807, 2.05) is 49.4 Å². The van der Waals surface area contributed by atoms with E-state index in [0.717, 1.165) is 21.2 Å². The summed E-state index contributed by atoms with van der Waals surface area (Å²) in [6.07, 6.45) is 0. The van der Waals surface area contributed by atoms with E-state index >= 15 is 0 Å². The van der Waals surface area contributed by atoms with Gasteiger partial charge in [0.25, 0.3) is 0 Å². The Morgan fingerprint density at radius 3 is 2.39 bits per heavy atom. The van der Waals surface area contributed by atoms with Crippen LogP contribution in [0.25, 0.3) is 5.69 Å². The van der Waals surface area contributed by atoms with Crippen LogP contribution in [0.1, 0.15) is 21.6 Å². The van der Waals surface area contributed by atoms with Gasteiger partial charge in [0.05, 0.1) is 29.0 Å². The van der Waals surface area contributed by atoms with E-state index in [2.05, 4.69) is 24.2 Å². The molecule has 156 valence electrons. The van der Waals surface area contributed by atoms with E-state index < -0.39 is 5.97 Å². The molecule has 0 N–H and O–H groups in total. The first-order chi connectivity index (χ1) is 15.0. The van der Waals surface area contributed by atoms with Crippen molar-refractivity contribution in [3.8, 4) is 17.3 Å². The second-order valence-corrected chi connectivity index (χ2v) is 8.09. The largest absolute Gasteiger partial charge is 0.497 e. The fourth-order valence-corrected chi connectivity index (χ4v) is 3.98. The fourth-order valence-electron chi connectivity index (χ4n) is 3.06. The van der Waals surface area contributed by atoms with Crippen LogP contribution < -0.4 is 9.47 Å². The minimum absolute atomic E-state index is 0.391. The van der Waals surface area contributed by atoms with Gasteiger partial charge in [-0.3, -0.25) is 0 Å². The van der Waals surface area contributed by atoms with E-state index in [0.29, 0.717) is 17.2 Å². The van der Waals surface area contributed by atoms with Crippen molar-refractivity contribution >= 4 is 17.7 Å². The van der Waals surface area contributed by atoms with E-state index in [4.69, 9.17) is 9.47 Å². The molecule has 0 aliphatic carbocycles. The first-order valence-corrected chi connectivity index (χ1v) is 10.6. The molecule has 4 rings (SSSR count). The molecule has 6 heteroatoms. The highest BCUT2D eigenvalue weighted by Gasteiger charge is 2.23. The molecule has 1 aromatic heterocycles. The van der Waals surface area contributed by atoms with E-state index in [9.17, 15) is 4.79 Å². The Hall–Kier alpha value is -3.51. The van der Waals surface area contributed by atoms with Crippen molar-refractivity contribution in [1.82, 2.24) is 9.78 Å². The van der Waals surface area contributed by atoms with Gasteiger partial charge in [-0.25, -0.2) is 4.79 Å². The number of methoxy groups -OCH3 is 1. The van der Waals surface area contributed by atoms with Crippen molar-refractivity contribution in [3.05, 3.63) is 95.7 Å². The van der Waals surface area contributed by atoms with Crippen molar-refractivity contribution in [1.29, 1.82) is 0 Å². The molecule has 4 aromatic rings. The zero-order valence-electron chi connectivity index (χ0n) is 17.5. The molecule has 0 fully saturated rings. The summed E-state index contributed by atoms with van der Waals surface area (Å²) in [7, 11) is 1.56. The maximum absolute atomic E-state index is 13.0. The fraction of sp³-hybridized carbons (Fsp3) is 0.120. The molecule has 0 saturated heterocycles. The van der Waals surface area contributed by atoms with Crippen LogP contribution in [-0.2, 0) is 0 Å². The SMILES string of the molecule is COc1cccc(C(=O)Oc2c(Sc3ccc(C)cc3)c(C)nn2-c2ccccc2)c1. The molecule has 0 bridgehead atoms. The summed E-state index contributed by atoms with van der Waals surface area (Å²) in [5, 5.41) is 4.67. The molecule has 0 aliphatic rings. The van der Waals surface area contributed by atoms with Crippen LogP contribution in [0.15, 0.2) is 88.7 Å². The first-order valence-electron chi connectivity index (χ1n) is 9.81. The minimum Gasteiger partial charge on any atom is -0.497 e. The number of carbonyl (C=O) groups excluding carboxylic acids is 1. The van der Waals surface area contributed by atoms with Crippen molar-refractivity contribution in [2.45, 2.75) is 23.6 Å². The number of rotatable bonds is 6. The van der Waals surface area contributed by atoms with E-state index in [-0.39, 0.29) is 0 Å². The third-order valence-electron chi connectivity index (χ3n) is 4.70. The first kappa shape index (κ1) is 20.8. The number of benzene rings is 3. The molecule has 0 atom stereocenters. The van der Waals surface area contributed by atoms with Gasteiger partial charge >= 0.3 is 5.97 Å². The minimum atomic E-state index is -0.471. The summed E-state index contributed by atoms with van der Waals surface area (Å²) in [5.74, 6) is 0.514. The average molecular weight is 431 g/mol. The number of nitrogens with zero attached hydrogens (tertiary/aromatic N) is 2. The number of aryl methyl sites for hydroxylation is 2. The van der Waals surface area contributed by atoms with Crippen molar-refractivity contribution < 1.29 is 14.3 Å². The topological polar surface area (TPSA) is 53.4 Å². The monoisotopic (exact) mass is 430 g/mol. The molecule has 5 nitrogen and oxygen atoms in total. The number of hydrogen-bond acceptors (Lipinski definition) is 5. The van der Waals surface area contributed by atoms with E-state index in [1.54, 1.807) is 36.1 Å². The summed E-state index contributed by atoms with van der Waals surface area (Å²) >= 11 is 1.52. The lowest BCUT2D eigenvalue weighted by atomic mass is 10.2. The highest BCUT2D eigenvalue weighted by Crippen LogP contribution is 2.39. The van der Waals surface area contributed by atoms with Gasteiger partial charge in [0.1, 0.15) is 5.75 Å². The zero-order chi connectivity index (χ0) is 21.8. The van der Waals surface area contributed by atoms with Gasteiger partial charge < -0.3 is 9.47 Å². The van der Waals surface area contributed by atoms with Crippen LogP contribution in [0.3, 0.4) is 0 Å². The van der Waals surface area contributed by atoms with Crippen LogP contribution in [0.5, 0.6) is 11.6 Å². The maximum atomic E-state index is 13.0. The molecule has 0 unspecified atom stereocenters. The molecule has 1 heterocycles. The summed E-state index contributed by atoms with van der Waals surface area (Å²) in [5.41, 5.74) is 3.19. The number of carbonyl (C=O) groups is 1. The van der Waals surface area contributed by atoms with Gasteiger partial charge in [0, 0.05) is 4.90 Å². The van der Waals surface area contributed by atoms with Crippen LogP contribution in [0.2, 0.25) is 0 Å². The van der Waals surface area contributed by atoms with Gasteiger partial charge in [-0.15, -0.1) is 0 Å². The Labute approximate surface area is 185 Å². The highest BCUT2D eigenvalue weighted by molar-refractivity contribution is 7.99. The van der Waals surface area contributed by atoms with Gasteiger partial charge in [-0.2, -0.15) is 9.78 Å². The molecule has 0 aliphatic heterocycles. The normalized spacial score (nSPS) is 10.7. The van der Waals surface area contributed by atoms with Crippen LogP contribution in [0, 0.1) is 13.8 Å². The lowest BCUT2D eigenvalue weighted by Crippen LogP contribution is -2.12. The summed E-state index contributed by atoms with van der Waals surface area (Å²) in [4.78, 5) is 14.8. The molecule has 0 radical (unpaired) electrons. The molecule has 0 saturated carbocycles. The van der Waals surface area contributed by atoms with Crippen LogP contribution in [-0.4, -0.2) is 22.9 Å². The Kier molecular flexibility index (Phi) is 6.09. The number of aromatic nitrogens is 2. The predicted molar refractivity (Wildman–Crippen MR) is 122 cm³/mol. The predicted octanol–water partition coefficient (Wildman–Crippen LogP) is 5.87. The second-order valence-electron chi connectivity index (χ2n) is 7.00. The van der Waals surface area contributed by atoms with Crippen molar-refractivity contribution in [3.63, 3.8) is 0 Å². The van der Waals surface area contributed by atoms with Gasteiger partial charge in [-0.05, 0) is 56.3 Å². The Bertz CT molecular complexity index is 1200. The van der Waals surface area contributed by atoms with Gasteiger partial charge in [0.15, 0.2) is 0 Å². The van der Waals surface area contributed by atoms with Crippen molar-refractivity contribution in [2.75, 3.05) is 7.11 Å². The van der Waals surface area contributed by atoms with Crippen LogP contribution >= 0.6 is 11.8 Å². The lowest BCUT2D eigenvalue weighted by molar-refractivity contribution is 0.0718. The van der Waals surface area contributed by atoms with E-state index in [1.165, 1.54) is 17.3 Å². The molecule has 31 heavy (non-hydrogen) atoms. The molecule has 3 aromatic carbocycles. The summed E-state index contributed by atoms with van der Waals surface area (Å²) in [6, 6.07) is 24.8. The molecule has 0 amide bonds. The Morgan fingerprint density at radius 2 is 1.68 bits per heavy atom. The van der Waals surface area contributed by atoms with Crippen molar-refractivity contribution in [2.24, 2.45) is 0 Å². The number of esters is 1. The molecular formula is C25H22N2O3S. The number of ether oxygens (including phenoxy) is 2. The third kappa shape index (κ3) is 4.64. The zero-order valence-corrected chi connectivity index (χ0v) is 18.3. The highest BCUT2D eigenvalue weighted by atomic mass is 32.2.